The Bertz CT molecular complexity index is 668. The zero-order chi connectivity index (χ0) is 11.8. The SMILES string of the molecule is Oc1ccc(-c2cc(F)cc3ccoc23)cc1. The number of fused-ring (bicyclic) bond motifs is 1. The third kappa shape index (κ3) is 1.65. The van der Waals surface area contributed by atoms with Crippen LogP contribution in [0.4, 0.5) is 4.39 Å². The molecule has 0 amide bonds. The molecule has 0 unspecified atom stereocenters. The molecule has 0 atom stereocenters. The van der Waals surface area contributed by atoms with Gasteiger partial charge in [0.05, 0.1) is 6.26 Å². The van der Waals surface area contributed by atoms with Gasteiger partial charge < -0.3 is 9.52 Å². The zero-order valence-corrected chi connectivity index (χ0v) is 8.85. The van der Waals surface area contributed by atoms with Crippen LogP contribution >= 0.6 is 0 Å². The third-order valence-corrected chi connectivity index (χ3v) is 2.69. The minimum atomic E-state index is -0.304. The highest BCUT2D eigenvalue weighted by atomic mass is 19.1. The van der Waals surface area contributed by atoms with Crippen molar-refractivity contribution in [2.45, 2.75) is 0 Å². The van der Waals surface area contributed by atoms with E-state index in [-0.39, 0.29) is 11.6 Å². The summed E-state index contributed by atoms with van der Waals surface area (Å²) in [5, 5.41) is 9.96. The highest BCUT2D eigenvalue weighted by Crippen LogP contribution is 2.31. The first-order valence-electron chi connectivity index (χ1n) is 5.20. The van der Waals surface area contributed by atoms with Crippen LogP contribution < -0.4 is 0 Å². The van der Waals surface area contributed by atoms with E-state index < -0.39 is 0 Å². The molecule has 1 N–H and O–H groups in total. The molecule has 0 bridgehead atoms. The summed E-state index contributed by atoms with van der Waals surface area (Å²) in [6.07, 6.45) is 1.54. The maximum Gasteiger partial charge on any atom is 0.141 e. The van der Waals surface area contributed by atoms with Gasteiger partial charge in [0.25, 0.3) is 0 Å². The van der Waals surface area contributed by atoms with Gasteiger partial charge >= 0.3 is 0 Å². The Balaban J connectivity index is 2.28. The highest BCUT2D eigenvalue weighted by molar-refractivity contribution is 5.92. The number of aromatic hydroxyl groups is 1. The molecule has 0 aliphatic heterocycles. The van der Waals surface area contributed by atoms with E-state index in [1.807, 2.05) is 0 Å². The molecule has 1 aromatic heterocycles. The molecule has 3 heteroatoms. The van der Waals surface area contributed by atoms with Crippen LogP contribution in [-0.4, -0.2) is 5.11 Å². The number of phenols is 1. The van der Waals surface area contributed by atoms with Crippen molar-refractivity contribution in [3.05, 3.63) is 54.5 Å². The lowest BCUT2D eigenvalue weighted by Gasteiger charge is -2.03. The van der Waals surface area contributed by atoms with E-state index in [1.54, 1.807) is 30.3 Å². The highest BCUT2D eigenvalue weighted by Gasteiger charge is 2.09. The van der Waals surface area contributed by atoms with Crippen LogP contribution in [0.3, 0.4) is 0 Å². The summed E-state index contributed by atoms with van der Waals surface area (Å²) in [5.74, 6) is -0.122. The van der Waals surface area contributed by atoms with Gasteiger partial charge in [-0.2, -0.15) is 0 Å². The first kappa shape index (κ1) is 9.90. The van der Waals surface area contributed by atoms with Gasteiger partial charge in [-0.1, -0.05) is 12.1 Å². The van der Waals surface area contributed by atoms with Crippen molar-refractivity contribution in [3.63, 3.8) is 0 Å². The van der Waals surface area contributed by atoms with Crippen LogP contribution in [0, 0.1) is 5.82 Å². The van der Waals surface area contributed by atoms with Crippen molar-refractivity contribution in [3.8, 4) is 16.9 Å². The van der Waals surface area contributed by atoms with Gasteiger partial charge in [0, 0.05) is 10.9 Å². The molecule has 3 rings (SSSR count). The number of halogens is 1. The Labute approximate surface area is 96.9 Å². The van der Waals surface area contributed by atoms with Crippen molar-refractivity contribution in [1.29, 1.82) is 0 Å². The largest absolute Gasteiger partial charge is 0.508 e. The van der Waals surface area contributed by atoms with Gasteiger partial charge in [-0.15, -0.1) is 0 Å². The standard InChI is InChI=1S/C14H9FO2/c15-11-7-10-5-6-17-14(10)13(8-11)9-1-3-12(16)4-2-9/h1-8,16H. The fourth-order valence-corrected chi connectivity index (χ4v) is 1.90. The number of hydrogen-bond donors (Lipinski definition) is 1. The van der Waals surface area contributed by atoms with Crippen molar-refractivity contribution >= 4 is 11.0 Å². The van der Waals surface area contributed by atoms with Gasteiger partial charge in [0.15, 0.2) is 0 Å². The quantitative estimate of drug-likeness (QED) is 0.684. The number of furan rings is 1. The van der Waals surface area contributed by atoms with Crippen LogP contribution in [0.25, 0.3) is 22.1 Å². The fraction of sp³-hybridized carbons (Fsp3) is 0. The van der Waals surface area contributed by atoms with Crippen LogP contribution in [0.5, 0.6) is 5.75 Å². The summed E-state index contributed by atoms with van der Waals surface area (Å²) in [7, 11) is 0. The number of phenolic OH excluding ortho intramolecular Hbond substituents is 1. The molecular weight excluding hydrogens is 219 g/mol. The summed E-state index contributed by atoms with van der Waals surface area (Å²) in [6, 6.07) is 11.2. The Morgan fingerprint density at radius 3 is 2.53 bits per heavy atom. The topological polar surface area (TPSA) is 33.4 Å². The van der Waals surface area contributed by atoms with Gasteiger partial charge in [-0.3, -0.25) is 0 Å². The maximum atomic E-state index is 13.4. The average molecular weight is 228 g/mol. The molecule has 0 radical (unpaired) electrons. The van der Waals surface area contributed by atoms with Gasteiger partial charge in [-0.25, -0.2) is 4.39 Å². The lowest BCUT2D eigenvalue weighted by molar-refractivity contribution is 0.475. The minimum Gasteiger partial charge on any atom is -0.508 e. The molecule has 17 heavy (non-hydrogen) atoms. The Morgan fingerprint density at radius 2 is 1.76 bits per heavy atom. The van der Waals surface area contributed by atoms with Crippen molar-refractivity contribution in [2.24, 2.45) is 0 Å². The van der Waals surface area contributed by atoms with Gasteiger partial charge in [0.2, 0.25) is 0 Å². The van der Waals surface area contributed by atoms with E-state index >= 15 is 0 Å². The van der Waals surface area contributed by atoms with Crippen LogP contribution in [0.1, 0.15) is 0 Å². The summed E-state index contributed by atoms with van der Waals surface area (Å²) >= 11 is 0. The smallest absolute Gasteiger partial charge is 0.141 e. The molecule has 2 nitrogen and oxygen atoms in total. The second kappa shape index (κ2) is 3.63. The van der Waals surface area contributed by atoms with Gasteiger partial charge in [-0.05, 0) is 35.9 Å². The Hall–Kier alpha value is -2.29. The van der Waals surface area contributed by atoms with E-state index in [4.69, 9.17) is 4.42 Å². The number of hydrogen-bond acceptors (Lipinski definition) is 2. The number of rotatable bonds is 1. The molecule has 0 saturated carbocycles. The zero-order valence-electron chi connectivity index (χ0n) is 8.85. The molecule has 0 spiro atoms. The summed E-state index contributed by atoms with van der Waals surface area (Å²) in [4.78, 5) is 0. The van der Waals surface area contributed by atoms with E-state index in [9.17, 15) is 9.50 Å². The maximum absolute atomic E-state index is 13.4. The average Bonchev–Trinajstić information content (AvgIpc) is 2.77. The molecule has 3 aromatic rings. The van der Waals surface area contributed by atoms with E-state index in [0.717, 1.165) is 10.9 Å². The minimum absolute atomic E-state index is 0.181. The van der Waals surface area contributed by atoms with Crippen LogP contribution in [0.15, 0.2) is 53.1 Å². The molecule has 2 aromatic carbocycles. The molecule has 0 saturated heterocycles. The van der Waals surface area contributed by atoms with E-state index in [0.29, 0.717) is 11.1 Å². The molecule has 84 valence electrons. The molecule has 1 heterocycles. The molecular formula is C14H9FO2. The molecule has 0 fully saturated rings. The van der Waals surface area contributed by atoms with E-state index in [2.05, 4.69) is 0 Å². The second-order valence-corrected chi connectivity index (χ2v) is 3.84. The lowest BCUT2D eigenvalue weighted by Crippen LogP contribution is -1.81. The summed E-state index contributed by atoms with van der Waals surface area (Å²) in [5.41, 5.74) is 2.14. The normalized spacial score (nSPS) is 10.9. The predicted octanol–water partition coefficient (Wildman–Crippen LogP) is 3.94. The Kier molecular flexibility index (Phi) is 2.11. The van der Waals surface area contributed by atoms with Crippen molar-refractivity contribution in [1.82, 2.24) is 0 Å². The van der Waals surface area contributed by atoms with Gasteiger partial charge in [0.1, 0.15) is 17.1 Å². The monoisotopic (exact) mass is 228 g/mol. The van der Waals surface area contributed by atoms with Crippen molar-refractivity contribution in [2.75, 3.05) is 0 Å². The lowest BCUT2D eigenvalue weighted by atomic mass is 10.0. The predicted molar refractivity (Wildman–Crippen MR) is 63.3 cm³/mol. The number of benzene rings is 2. The first-order chi connectivity index (χ1) is 8.24. The fourth-order valence-electron chi connectivity index (χ4n) is 1.90. The Morgan fingerprint density at radius 1 is 1.00 bits per heavy atom. The van der Waals surface area contributed by atoms with Crippen molar-refractivity contribution < 1.29 is 13.9 Å². The molecule has 0 aliphatic carbocycles. The van der Waals surface area contributed by atoms with E-state index in [1.165, 1.54) is 18.4 Å². The van der Waals surface area contributed by atoms with Crippen LogP contribution in [0.2, 0.25) is 0 Å². The summed E-state index contributed by atoms with van der Waals surface area (Å²) in [6.45, 7) is 0. The summed E-state index contributed by atoms with van der Waals surface area (Å²) < 4.78 is 18.8. The molecule has 0 aliphatic rings. The third-order valence-electron chi connectivity index (χ3n) is 2.69. The second-order valence-electron chi connectivity index (χ2n) is 3.84. The van der Waals surface area contributed by atoms with Crippen LogP contribution in [-0.2, 0) is 0 Å². The first-order valence-corrected chi connectivity index (χ1v) is 5.20.